The SMILES string of the molecule is O=C1CN(C(=O)COC(=O)c2cc3ccccc3oc2=O)c2ccccc2N1. The Hall–Kier alpha value is -3.94. The van der Waals surface area contributed by atoms with E-state index in [0.29, 0.717) is 22.3 Å². The maximum Gasteiger partial charge on any atom is 0.351 e. The van der Waals surface area contributed by atoms with Gasteiger partial charge in [0.1, 0.15) is 17.7 Å². The highest BCUT2D eigenvalue weighted by molar-refractivity contribution is 6.10. The number of nitrogens with zero attached hydrogens (tertiary/aromatic N) is 1. The van der Waals surface area contributed by atoms with Crippen LogP contribution in [-0.4, -0.2) is 30.9 Å². The number of hydrogen-bond acceptors (Lipinski definition) is 6. The molecule has 28 heavy (non-hydrogen) atoms. The van der Waals surface area contributed by atoms with E-state index in [2.05, 4.69) is 5.32 Å². The van der Waals surface area contributed by atoms with Crippen molar-refractivity contribution in [3.8, 4) is 0 Å². The molecule has 8 heteroatoms. The number of amides is 2. The normalized spacial score (nSPS) is 13.0. The first-order valence-electron chi connectivity index (χ1n) is 8.42. The average Bonchev–Trinajstić information content (AvgIpc) is 2.70. The van der Waals surface area contributed by atoms with Crippen molar-refractivity contribution in [2.75, 3.05) is 23.4 Å². The molecule has 0 aliphatic carbocycles. The van der Waals surface area contributed by atoms with Crippen LogP contribution in [0.3, 0.4) is 0 Å². The van der Waals surface area contributed by atoms with Gasteiger partial charge in [-0.25, -0.2) is 9.59 Å². The smallest absolute Gasteiger partial charge is 0.351 e. The number of carbonyl (C=O) groups excluding carboxylic acids is 3. The fourth-order valence-electron chi connectivity index (χ4n) is 2.94. The summed E-state index contributed by atoms with van der Waals surface area (Å²) in [5.74, 6) is -1.91. The molecule has 2 heterocycles. The van der Waals surface area contributed by atoms with E-state index < -0.39 is 24.1 Å². The summed E-state index contributed by atoms with van der Waals surface area (Å²) in [4.78, 5) is 49.8. The van der Waals surface area contributed by atoms with Crippen molar-refractivity contribution in [2.45, 2.75) is 0 Å². The Morgan fingerprint density at radius 3 is 2.68 bits per heavy atom. The first kappa shape index (κ1) is 17.5. The molecule has 140 valence electrons. The van der Waals surface area contributed by atoms with Gasteiger partial charge in [0, 0.05) is 5.39 Å². The number of esters is 1. The molecule has 0 unspecified atom stereocenters. The van der Waals surface area contributed by atoms with Crippen molar-refractivity contribution in [3.63, 3.8) is 0 Å². The summed E-state index contributed by atoms with van der Waals surface area (Å²) in [6.45, 7) is -0.807. The highest BCUT2D eigenvalue weighted by Crippen LogP contribution is 2.28. The van der Waals surface area contributed by atoms with E-state index in [-0.39, 0.29) is 18.0 Å². The number of nitrogens with one attached hydrogen (secondary N) is 1. The molecule has 1 N–H and O–H groups in total. The number of rotatable bonds is 3. The van der Waals surface area contributed by atoms with Gasteiger partial charge < -0.3 is 14.5 Å². The molecule has 1 aliphatic heterocycles. The summed E-state index contributed by atoms with van der Waals surface area (Å²) in [5, 5.41) is 3.22. The third-order valence-electron chi connectivity index (χ3n) is 4.26. The van der Waals surface area contributed by atoms with E-state index in [1.165, 1.54) is 11.0 Å². The summed E-state index contributed by atoms with van der Waals surface area (Å²) < 4.78 is 10.1. The van der Waals surface area contributed by atoms with E-state index in [0.717, 1.165) is 0 Å². The fourth-order valence-corrected chi connectivity index (χ4v) is 2.94. The van der Waals surface area contributed by atoms with Gasteiger partial charge >= 0.3 is 11.6 Å². The molecule has 2 amide bonds. The molecule has 0 fully saturated rings. The van der Waals surface area contributed by atoms with E-state index >= 15 is 0 Å². The van der Waals surface area contributed by atoms with Gasteiger partial charge in [-0.1, -0.05) is 30.3 Å². The minimum Gasteiger partial charge on any atom is -0.452 e. The highest BCUT2D eigenvalue weighted by atomic mass is 16.5. The molecule has 0 saturated carbocycles. The van der Waals surface area contributed by atoms with Crippen LogP contribution < -0.4 is 15.8 Å². The van der Waals surface area contributed by atoms with Gasteiger partial charge in [0.25, 0.3) is 5.91 Å². The molecular weight excluding hydrogens is 364 g/mol. The Bertz CT molecular complexity index is 1170. The van der Waals surface area contributed by atoms with Gasteiger partial charge in [0.15, 0.2) is 6.61 Å². The summed E-state index contributed by atoms with van der Waals surface area (Å²) in [6.07, 6.45) is 0. The minimum absolute atomic E-state index is 0.189. The van der Waals surface area contributed by atoms with Crippen LogP contribution >= 0.6 is 0 Å². The highest BCUT2D eigenvalue weighted by Gasteiger charge is 2.27. The largest absolute Gasteiger partial charge is 0.452 e. The average molecular weight is 378 g/mol. The maximum atomic E-state index is 12.5. The van der Waals surface area contributed by atoms with Crippen LogP contribution in [-0.2, 0) is 14.3 Å². The molecule has 8 nitrogen and oxygen atoms in total. The molecule has 2 aromatic carbocycles. The maximum absolute atomic E-state index is 12.5. The predicted octanol–water partition coefficient (Wildman–Crippen LogP) is 1.94. The molecule has 0 atom stereocenters. The molecule has 0 bridgehead atoms. The zero-order chi connectivity index (χ0) is 19.7. The standard InChI is InChI=1S/C20H14N2O6/c23-17-10-22(15-7-3-2-6-14(15)21-17)18(24)11-27-19(25)13-9-12-5-1-4-8-16(12)28-20(13)26/h1-9H,10-11H2,(H,21,23). The first-order chi connectivity index (χ1) is 13.5. The number of anilines is 2. The predicted molar refractivity (Wildman–Crippen MR) is 100 cm³/mol. The van der Waals surface area contributed by atoms with Crippen molar-refractivity contribution in [2.24, 2.45) is 0 Å². The quantitative estimate of drug-likeness (QED) is 0.551. The second-order valence-corrected chi connectivity index (χ2v) is 6.11. The lowest BCUT2D eigenvalue weighted by molar-refractivity contribution is -0.124. The molecule has 4 rings (SSSR count). The second-order valence-electron chi connectivity index (χ2n) is 6.11. The van der Waals surface area contributed by atoms with Crippen LogP contribution in [0.5, 0.6) is 0 Å². The molecular formula is C20H14N2O6. The molecule has 0 spiro atoms. The fraction of sp³-hybridized carbons (Fsp3) is 0.100. The van der Waals surface area contributed by atoms with E-state index in [1.807, 2.05) is 0 Å². The van der Waals surface area contributed by atoms with Crippen molar-refractivity contribution >= 4 is 40.1 Å². The zero-order valence-electron chi connectivity index (χ0n) is 14.5. The van der Waals surface area contributed by atoms with Crippen LogP contribution in [0.4, 0.5) is 11.4 Å². The van der Waals surface area contributed by atoms with Crippen LogP contribution in [0.2, 0.25) is 0 Å². The minimum atomic E-state index is -0.970. The lowest BCUT2D eigenvalue weighted by Gasteiger charge is -2.28. The Kier molecular flexibility index (Phi) is 4.36. The summed E-state index contributed by atoms with van der Waals surface area (Å²) in [6, 6.07) is 14.9. The van der Waals surface area contributed by atoms with E-state index in [4.69, 9.17) is 9.15 Å². The molecule has 0 radical (unpaired) electrons. The van der Waals surface area contributed by atoms with Crippen LogP contribution in [0, 0.1) is 0 Å². The zero-order valence-corrected chi connectivity index (χ0v) is 14.5. The van der Waals surface area contributed by atoms with Crippen molar-refractivity contribution in [3.05, 3.63) is 70.6 Å². The topological polar surface area (TPSA) is 106 Å². The Morgan fingerprint density at radius 2 is 1.82 bits per heavy atom. The van der Waals surface area contributed by atoms with Crippen LogP contribution in [0.25, 0.3) is 11.0 Å². The van der Waals surface area contributed by atoms with Crippen LogP contribution in [0.15, 0.2) is 63.8 Å². The van der Waals surface area contributed by atoms with Gasteiger partial charge in [-0.2, -0.15) is 0 Å². The summed E-state index contributed by atoms with van der Waals surface area (Å²) in [5.41, 5.74) is 0.195. The lowest BCUT2D eigenvalue weighted by Crippen LogP contribution is -2.44. The third kappa shape index (κ3) is 3.23. The third-order valence-corrected chi connectivity index (χ3v) is 4.26. The number of benzene rings is 2. The van der Waals surface area contributed by atoms with Crippen molar-refractivity contribution in [1.82, 2.24) is 0 Å². The monoisotopic (exact) mass is 378 g/mol. The van der Waals surface area contributed by atoms with Crippen LogP contribution in [0.1, 0.15) is 10.4 Å². The van der Waals surface area contributed by atoms with E-state index in [9.17, 15) is 19.2 Å². The Morgan fingerprint density at radius 1 is 1.07 bits per heavy atom. The second kappa shape index (κ2) is 6.99. The summed E-state index contributed by atoms with van der Waals surface area (Å²) in [7, 11) is 0. The van der Waals surface area contributed by atoms with E-state index in [1.54, 1.807) is 48.5 Å². The molecule has 1 aromatic heterocycles. The molecule has 0 saturated heterocycles. The van der Waals surface area contributed by atoms with Gasteiger partial charge in [-0.15, -0.1) is 0 Å². The van der Waals surface area contributed by atoms with Crippen molar-refractivity contribution in [1.29, 1.82) is 0 Å². The number of carbonyl (C=O) groups is 3. The Labute approximate surface area is 158 Å². The van der Waals surface area contributed by atoms with Crippen molar-refractivity contribution < 1.29 is 23.5 Å². The summed E-state index contributed by atoms with van der Waals surface area (Å²) >= 11 is 0. The lowest BCUT2D eigenvalue weighted by atomic mass is 10.2. The number of ether oxygens (including phenoxy) is 1. The van der Waals surface area contributed by atoms with Gasteiger partial charge in [-0.3, -0.25) is 14.5 Å². The first-order valence-corrected chi connectivity index (χ1v) is 8.42. The van der Waals surface area contributed by atoms with Gasteiger partial charge in [0.05, 0.1) is 11.4 Å². The van der Waals surface area contributed by atoms with Gasteiger partial charge in [0.2, 0.25) is 5.91 Å². The molecule has 3 aromatic rings. The van der Waals surface area contributed by atoms with Gasteiger partial charge in [-0.05, 0) is 24.3 Å². The number of fused-ring (bicyclic) bond motifs is 2. The molecule has 1 aliphatic rings. The Balaban J connectivity index is 1.51. The number of para-hydroxylation sites is 3. The number of hydrogen-bond donors (Lipinski definition) is 1.